The molecule has 2 heterocycles. The van der Waals surface area contributed by atoms with Crippen molar-refractivity contribution in [2.24, 2.45) is 0 Å². The minimum absolute atomic E-state index is 0.0652. The Bertz CT molecular complexity index is 1540. The molecule has 0 aliphatic carbocycles. The number of aliphatic hydroxyl groups is 7. The zero-order chi connectivity index (χ0) is 51.0. The molecule has 0 amide bonds. The van der Waals surface area contributed by atoms with Crippen LogP contribution in [0.4, 0.5) is 0 Å². The number of hydrogen-bond acceptors (Lipinski definition) is 15. The molecule has 2 aliphatic rings. The van der Waals surface area contributed by atoms with Gasteiger partial charge in [-0.1, -0.05) is 176 Å². The second-order valence-corrected chi connectivity index (χ2v) is 18.1. The molecule has 2 saturated heterocycles. The van der Waals surface area contributed by atoms with E-state index in [1.54, 1.807) is 0 Å². The molecule has 400 valence electrons. The van der Waals surface area contributed by atoms with Crippen molar-refractivity contribution in [3.8, 4) is 0 Å². The molecule has 0 saturated carbocycles. The first-order valence-electron chi connectivity index (χ1n) is 26.2. The van der Waals surface area contributed by atoms with E-state index in [4.69, 9.17) is 28.4 Å². The summed E-state index contributed by atoms with van der Waals surface area (Å²) in [6, 6.07) is 0. The molecule has 0 bridgehead atoms. The largest absolute Gasteiger partial charge is 0.462 e. The van der Waals surface area contributed by atoms with Gasteiger partial charge in [0.15, 0.2) is 18.7 Å². The Morgan fingerprint density at radius 1 is 0.471 bits per heavy atom. The minimum atomic E-state index is -1.78. The Balaban J connectivity index is 1.78. The summed E-state index contributed by atoms with van der Waals surface area (Å²) < 4.78 is 33.5. The number of rotatable bonds is 39. The van der Waals surface area contributed by atoms with Crippen LogP contribution < -0.4 is 0 Å². The van der Waals surface area contributed by atoms with Crippen molar-refractivity contribution in [2.45, 2.75) is 223 Å². The Hall–Kier alpha value is -3.32. The van der Waals surface area contributed by atoms with Crippen LogP contribution in [0, 0.1) is 0 Å². The highest BCUT2D eigenvalue weighted by atomic mass is 16.7. The van der Waals surface area contributed by atoms with Gasteiger partial charge in [0.05, 0.1) is 19.8 Å². The summed E-state index contributed by atoms with van der Waals surface area (Å²) in [5.41, 5.74) is 0. The highest BCUT2D eigenvalue weighted by Crippen LogP contribution is 2.26. The summed E-state index contributed by atoms with van der Waals surface area (Å²) in [6.07, 6.45) is 33.5. The highest BCUT2D eigenvalue weighted by Gasteiger charge is 2.47. The Morgan fingerprint density at radius 2 is 0.943 bits per heavy atom. The van der Waals surface area contributed by atoms with E-state index in [-0.39, 0.29) is 19.4 Å². The van der Waals surface area contributed by atoms with Gasteiger partial charge in [-0.15, -0.1) is 0 Å². The summed E-state index contributed by atoms with van der Waals surface area (Å²) in [4.78, 5) is 25.7. The molecule has 0 aromatic carbocycles. The average molecular weight is 991 g/mol. The molecule has 2 aliphatic heterocycles. The summed E-state index contributed by atoms with van der Waals surface area (Å²) in [5.74, 6) is -1.02. The third-order valence-corrected chi connectivity index (χ3v) is 12.0. The van der Waals surface area contributed by atoms with E-state index in [2.05, 4.69) is 44.2 Å². The SMILES string of the molecule is CC/C=C/C=C/C=C/C=C/C=C/CCCC(=O)OC(COC(=O)CCCCCCCCCCCCCCCC/C=C/C/C=C/CC)CO[C@@H]1O[C@H](CO[C@@H]2O[C@H](CO)[C@H](O)C(O)C2O)[C@H](O)C(O)C1O. The molecule has 0 spiro atoms. The van der Waals surface area contributed by atoms with Crippen LogP contribution in [0.1, 0.15) is 155 Å². The molecule has 2 fully saturated rings. The molecule has 0 radical (unpaired) electrons. The summed E-state index contributed by atoms with van der Waals surface area (Å²) >= 11 is 0. The Labute approximate surface area is 418 Å². The molecule has 0 aromatic heterocycles. The van der Waals surface area contributed by atoms with Crippen LogP contribution in [-0.2, 0) is 38.0 Å². The third kappa shape index (κ3) is 28.7. The smallest absolute Gasteiger partial charge is 0.306 e. The van der Waals surface area contributed by atoms with Crippen LogP contribution in [0.5, 0.6) is 0 Å². The van der Waals surface area contributed by atoms with Crippen molar-refractivity contribution in [1.29, 1.82) is 0 Å². The summed E-state index contributed by atoms with van der Waals surface area (Å²) in [7, 11) is 0. The van der Waals surface area contributed by atoms with E-state index in [1.165, 1.54) is 70.6 Å². The fraction of sp³-hybridized carbons (Fsp3) is 0.709. The molecule has 70 heavy (non-hydrogen) atoms. The minimum Gasteiger partial charge on any atom is -0.462 e. The lowest BCUT2D eigenvalue weighted by Gasteiger charge is -2.42. The number of esters is 2. The van der Waals surface area contributed by atoms with Gasteiger partial charge in [-0.25, -0.2) is 0 Å². The Morgan fingerprint density at radius 3 is 1.53 bits per heavy atom. The monoisotopic (exact) mass is 991 g/mol. The fourth-order valence-corrected chi connectivity index (χ4v) is 7.75. The molecular formula is C55H90O15. The molecule has 15 nitrogen and oxygen atoms in total. The fourth-order valence-electron chi connectivity index (χ4n) is 7.75. The van der Waals surface area contributed by atoms with E-state index in [0.717, 1.165) is 38.5 Å². The van der Waals surface area contributed by atoms with Crippen molar-refractivity contribution in [2.75, 3.05) is 26.4 Å². The quantitative estimate of drug-likeness (QED) is 0.0136. The van der Waals surface area contributed by atoms with Crippen molar-refractivity contribution in [3.63, 3.8) is 0 Å². The lowest BCUT2D eigenvalue weighted by Crippen LogP contribution is -2.61. The number of ether oxygens (including phenoxy) is 6. The van der Waals surface area contributed by atoms with Gasteiger partial charge in [0.2, 0.25) is 0 Å². The maximum absolute atomic E-state index is 13.0. The number of hydrogen-bond donors (Lipinski definition) is 7. The van der Waals surface area contributed by atoms with Gasteiger partial charge in [0.1, 0.15) is 55.4 Å². The van der Waals surface area contributed by atoms with Crippen LogP contribution in [0.15, 0.2) is 85.1 Å². The molecular weight excluding hydrogens is 901 g/mol. The van der Waals surface area contributed by atoms with Gasteiger partial charge in [-0.2, -0.15) is 0 Å². The number of carbonyl (C=O) groups is 2. The number of unbranched alkanes of at least 4 members (excludes halogenated alkanes) is 15. The molecule has 7 N–H and O–H groups in total. The van der Waals surface area contributed by atoms with Crippen LogP contribution >= 0.6 is 0 Å². The second kappa shape index (κ2) is 41.2. The van der Waals surface area contributed by atoms with E-state index in [9.17, 15) is 45.3 Å². The van der Waals surface area contributed by atoms with Crippen LogP contribution in [0.3, 0.4) is 0 Å². The maximum Gasteiger partial charge on any atom is 0.306 e. The highest BCUT2D eigenvalue weighted by molar-refractivity contribution is 5.70. The van der Waals surface area contributed by atoms with Crippen LogP contribution in [-0.4, -0.2) is 142 Å². The molecule has 11 atom stereocenters. The normalized spacial score (nSPS) is 26.1. The van der Waals surface area contributed by atoms with Crippen molar-refractivity contribution >= 4 is 11.9 Å². The molecule has 15 heteroatoms. The van der Waals surface area contributed by atoms with Gasteiger partial charge < -0.3 is 64.2 Å². The third-order valence-electron chi connectivity index (χ3n) is 12.0. The first-order chi connectivity index (χ1) is 34.0. The van der Waals surface area contributed by atoms with Gasteiger partial charge in [0, 0.05) is 12.8 Å². The topological polar surface area (TPSA) is 231 Å². The Kier molecular flexibility index (Phi) is 36.9. The zero-order valence-electron chi connectivity index (χ0n) is 42.2. The van der Waals surface area contributed by atoms with Gasteiger partial charge in [-0.05, 0) is 51.4 Å². The van der Waals surface area contributed by atoms with Crippen molar-refractivity contribution < 1.29 is 73.8 Å². The maximum atomic E-state index is 13.0. The lowest BCUT2D eigenvalue weighted by molar-refractivity contribution is -0.332. The van der Waals surface area contributed by atoms with Gasteiger partial charge >= 0.3 is 11.9 Å². The van der Waals surface area contributed by atoms with Crippen molar-refractivity contribution in [3.05, 3.63) is 85.1 Å². The van der Waals surface area contributed by atoms with Gasteiger partial charge in [-0.3, -0.25) is 9.59 Å². The average Bonchev–Trinajstić information content (AvgIpc) is 3.35. The zero-order valence-corrected chi connectivity index (χ0v) is 42.2. The van der Waals surface area contributed by atoms with Crippen LogP contribution in [0.25, 0.3) is 0 Å². The summed E-state index contributed by atoms with van der Waals surface area (Å²) in [5, 5.41) is 72.1. The molecule has 2 rings (SSSR count). The first kappa shape index (κ1) is 62.8. The van der Waals surface area contributed by atoms with E-state index >= 15 is 0 Å². The predicted octanol–water partition coefficient (Wildman–Crippen LogP) is 7.60. The van der Waals surface area contributed by atoms with E-state index in [1.807, 2.05) is 54.7 Å². The van der Waals surface area contributed by atoms with Crippen molar-refractivity contribution in [1.82, 2.24) is 0 Å². The number of aliphatic hydroxyl groups excluding tert-OH is 7. The van der Waals surface area contributed by atoms with E-state index < -0.39 is 99.3 Å². The summed E-state index contributed by atoms with van der Waals surface area (Å²) in [6.45, 7) is 2.25. The predicted molar refractivity (Wildman–Crippen MR) is 270 cm³/mol. The van der Waals surface area contributed by atoms with Crippen LogP contribution in [0.2, 0.25) is 0 Å². The standard InChI is InChI=1S/C55H90O15/c1-3-5-7-9-11-13-15-17-18-19-20-21-22-23-24-26-27-29-31-33-35-37-46(57)65-40-43(68-47(58)38-36-34-32-30-28-25-16-14-12-10-8-6-4-2)41-66-54-53(64)51(62)49(60)45(70-54)42-67-55-52(63)50(61)48(59)44(39-56)69-55/h5-8,10-14,16,25,28,30,32,43-45,48-56,59-64H,3-4,9,15,17-24,26-27,29,31,33-42H2,1-2H3/b7-5+,8-6+,12-10+,13-11+,16-14+,28-25+,32-30+/t43?,44-,45-,48+,49+,50?,51?,52?,53?,54-,55-/m1/s1. The number of carbonyl (C=O) groups excluding carboxylic acids is 2. The van der Waals surface area contributed by atoms with E-state index in [0.29, 0.717) is 19.3 Å². The number of allylic oxidation sites excluding steroid dienone is 14. The second-order valence-electron chi connectivity index (χ2n) is 18.1. The lowest BCUT2D eigenvalue weighted by atomic mass is 9.98. The van der Waals surface area contributed by atoms with Gasteiger partial charge in [0.25, 0.3) is 0 Å². The molecule has 0 aromatic rings. The molecule has 5 unspecified atom stereocenters. The first-order valence-corrected chi connectivity index (χ1v) is 26.2.